The molecule has 0 aliphatic heterocycles. The Morgan fingerprint density at radius 2 is 1.82 bits per heavy atom. The van der Waals surface area contributed by atoms with Gasteiger partial charge < -0.3 is 14.9 Å². The highest BCUT2D eigenvalue weighted by Crippen LogP contribution is 2.35. The number of aromatic hydroxyl groups is 2. The van der Waals surface area contributed by atoms with Gasteiger partial charge in [-0.1, -0.05) is 0 Å². The summed E-state index contributed by atoms with van der Waals surface area (Å²) in [6.07, 6.45) is 0. The molecule has 0 fully saturated rings. The smallest absolute Gasteiger partial charge is 0.314 e. The van der Waals surface area contributed by atoms with E-state index >= 15 is 0 Å². The minimum atomic E-state index is -0.776. The van der Waals surface area contributed by atoms with Gasteiger partial charge in [-0.05, 0) is 29.8 Å². The van der Waals surface area contributed by atoms with Crippen LogP contribution in [0.5, 0.6) is 11.5 Å². The molecule has 1 aromatic rings. The van der Waals surface area contributed by atoms with Crippen LogP contribution >= 0.6 is 15.9 Å². The lowest BCUT2D eigenvalue weighted by atomic mass is 10.3. The first-order valence-corrected chi connectivity index (χ1v) is 5.66. The molecule has 0 unspecified atom stereocenters. The number of ether oxygens (including phenoxy) is 1. The zero-order valence-electron chi connectivity index (χ0n) is 9.51. The third-order valence-corrected chi connectivity index (χ3v) is 2.28. The van der Waals surface area contributed by atoms with Crippen molar-refractivity contribution in [1.29, 1.82) is 0 Å². The maximum absolute atomic E-state index is 10.2. The fourth-order valence-electron chi connectivity index (χ4n) is 0.891. The average molecular weight is 308 g/mol. The number of nitro benzene ring substituents is 1. The molecule has 0 atom stereocenters. The first kappa shape index (κ1) is 15.7. The van der Waals surface area contributed by atoms with Crippen molar-refractivity contribution in [3.8, 4) is 11.5 Å². The van der Waals surface area contributed by atoms with E-state index in [1.165, 1.54) is 0 Å². The second-order valence-electron chi connectivity index (χ2n) is 2.83. The van der Waals surface area contributed by atoms with Crippen molar-refractivity contribution in [1.82, 2.24) is 0 Å². The molecule has 0 aromatic heterocycles. The molecule has 96 valence electrons. The Kier molecular flexibility index (Phi) is 7.24. The molecule has 6 nitrogen and oxygen atoms in total. The third-order valence-electron chi connectivity index (χ3n) is 1.65. The molecular weight excluding hydrogens is 294 g/mol. The van der Waals surface area contributed by atoms with Crippen molar-refractivity contribution >= 4 is 21.6 Å². The molecule has 0 amide bonds. The maximum Gasteiger partial charge on any atom is 0.314 e. The second kappa shape index (κ2) is 7.86. The van der Waals surface area contributed by atoms with E-state index in [0.29, 0.717) is 0 Å². The van der Waals surface area contributed by atoms with Crippen molar-refractivity contribution in [3.05, 3.63) is 26.7 Å². The van der Waals surface area contributed by atoms with E-state index < -0.39 is 16.4 Å². The SMILES string of the molecule is CCOCC.O=[N+]([O-])c1cc(O)c(Br)cc1O. The number of hydrogen-bond donors (Lipinski definition) is 2. The number of phenolic OH excluding ortho intramolecular Hbond substituents is 2. The Morgan fingerprint density at radius 1 is 1.29 bits per heavy atom. The Balaban J connectivity index is 0.000000437. The summed E-state index contributed by atoms with van der Waals surface area (Å²) in [6.45, 7) is 5.67. The van der Waals surface area contributed by atoms with Crippen molar-refractivity contribution in [2.75, 3.05) is 13.2 Å². The van der Waals surface area contributed by atoms with Crippen LogP contribution in [0.1, 0.15) is 13.8 Å². The van der Waals surface area contributed by atoms with E-state index in [0.717, 1.165) is 25.3 Å². The standard InChI is InChI=1S/C6H4BrNO4.C4H10O/c7-3-1-6(10)4(8(11)12)2-5(3)9;1-3-5-4-2/h1-2,9-10H;3-4H2,1-2H3. The normalized spacial score (nSPS) is 9.35. The third kappa shape index (κ3) is 5.50. The van der Waals surface area contributed by atoms with E-state index in [4.69, 9.17) is 14.9 Å². The van der Waals surface area contributed by atoms with E-state index in [-0.39, 0.29) is 10.2 Å². The molecule has 0 radical (unpaired) electrons. The maximum atomic E-state index is 10.2. The lowest BCUT2D eigenvalue weighted by Crippen LogP contribution is -1.88. The van der Waals surface area contributed by atoms with Crippen LogP contribution < -0.4 is 0 Å². The molecule has 0 aliphatic rings. The fourth-order valence-corrected chi connectivity index (χ4v) is 1.22. The van der Waals surface area contributed by atoms with Crippen molar-refractivity contribution in [2.45, 2.75) is 13.8 Å². The minimum absolute atomic E-state index is 0.214. The Bertz CT molecular complexity index is 381. The molecule has 1 aromatic carbocycles. The summed E-state index contributed by atoms with van der Waals surface area (Å²) in [7, 11) is 0. The fraction of sp³-hybridized carbons (Fsp3) is 0.400. The average Bonchev–Trinajstić information content (AvgIpc) is 2.25. The molecule has 2 N–H and O–H groups in total. The van der Waals surface area contributed by atoms with Gasteiger partial charge in [0, 0.05) is 19.3 Å². The monoisotopic (exact) mass is 307 g/mol. The summed E-state index contributed by atoms with van der Waals surface area (Å²) < 4.78 is 5.05. The van der Waals surface area contributed by atoms with Crippen molar-refractivity contribution < 1.29 is 19.9 Å². The van der Waals surface area contributed by atoms with Gasteiger partial charge in [-0.15, -0.1) is 0 Å². The molecule has 0 spiro atoms. The van der Waals surface area contributed by atoms with Crippen LogP contribution in [-0.2, 0) is 4.74 Å². The van der Waals surface area contributed by atoms with E-state index in [2.05, 4.69) is 15.9 Å². The number of halogens is 1. The van der Waals surface area contributed by atoms with Crippen LogP contribution in [0.3, 0.4) is 0 Å². The number of benzene rings is 1. The van der Waals surface area contributed by atoms with Gasteiger partial charge >= 0.3 is 5.69 Å². The van der Waals surface area contributed by atoms with E-state index in [1.807, 2.05) is 13.8 Å². The van der Waals surface area contributed by atoms with Crippen molar-refractivity contribution in [2.24, 2.45) is 0 Å². The molecule has 0 saturated heterocycles. The number of hydrogen-bond acceptors (Lipinski definition) is 5. The second-order valence-corrected chi connectivity index (χ2v) is 3.69. The molecule has 7 heteroatoms. The van der Waals surface area contributed by atoms with Crippen LogP contribution in [0.4, 0.5) is 5.69 Å². The zero-order chi connectivity index (χ0) is 13.4. The van der Waals surface area contributed by atoms with Gasteiger partial charge in [-0.3, -0.25) is 10.1 Å². The van der Waals surface area contributed by atoms with Crippen LogP contribution in [0.15, 0.2) is 16.6 Å². The van der Waals surface area contributed by atoms with Crippen LogP contribution in [-0.4, -0.2) is 28.4 Å². The van der Waals surface area contributed by atoms with Crippen LogP contribution in [0.2, 0.25) is 0 Å². The number of nitro groups is 1. The number of rotatable bonds is 3. The molecule has 1 rings (SSSR count). The Labute approximate surface area is 107 Å². The summed E-state index contributed by atoms with van der Waals surface area (Å²) in [5.41, 5.74) is -0.518. The van der Waals surface area contributed by atoms with Gasteiger partial charge in [0.25, 0.3) is 0 Å². The summed E-state index contributed by atoms with van der Waals surface area (Å²) in [5.74, 6) is -0.760. The topological polar surface area (TPSA) is 92.8 Å². The van der Waals surface area contributed by atoms with Crippen LogP contribution in [0, 0.1) is 10.1 Å². The van der Waals surface area contributed by atoms with Gasteiger partial charge in [0.2, 0.25) is 0 Å². The molecular formula is C10H14BrNO5. The van der Waals surface area contributed by atoms with Gasteiger partial charge in [0.15, 0.2) is 5.75 Å². The molecule has 17 heavy (non-hydrogen) atoms. The van der Waals surface area contributed by atoms with Gasteiger partial charge in [-0.25, -0.2) is 0 Å². The molecule has 0 bridgehead atoms. The quantitative estimate of drug-likeness (QED) is 0.509. The molecule has 0 aliphatic carbocycles. The number of nitrogens with zero attached hydrogens (tertiary/aromatic N) is 1. The first-order chi connectivity index (χ1) is 7.93. The lowest BCUT2D eigenvalue weighted by molar-refractivity contribution is -0.386. The lowest BCUT2D eigenvalue weighted by Gasteiger charge is -1.98. The van der Waals surface area contributed by atoms with Gasteiger partial charge in [-0.2, -0.15) is 0 Å². The van der Waals surface area contributed by atoms with Gasteiger partial charge in [0.1, 0.15) is 5.75 Å². The van der Waals surface area contributed by atoms with Crippen molar-refractivity contribution in [3.63, 3.8) is 0 Å². The highest BCUT2D eigenvalue weighted by molar-refractivity contribution is 9.10. The molecule has 0 saturated carbocycles. The first-order valence-electron chi connectivity index (χ1n) is 4.87. The zero-order valence-corrected chi connectivity index (χ0v) is 11.1. The summed E-state index contributed by atoms with van der Waals surface area (Å²) >= 11 is 2.90. The van der Waals surface area contributed by atoms with E-state index in [9.17, 15) is 10.1 Å². The van der Waals surface area contributed by atoms with Gasteiger partial charge in [0.05, 0.1) is 15.5 Å². The number of phenols is 2. The summed E-state index contributed by atoms with van der Waals surface area (Å²) in [4.78, 5) is 9.43. The van der Waals surface area contributed by atoms with E-state index in [1.54, 1.807) is 0 Å². The summed E-state index contributed by atoms with van der Waals surface area (Å²) in [6, 6.07) is 1.94. The van der Waals surface area contributed by atoms with Crippen LogP contribution in [0.25, 0.3) is 0 Å². The predicted octanol–water partition coefficient (Wildman–Crippen LogP) is 2.81. The Morgan fingerprint density at radius 3 is 2.18 bits per heavy atom. The molecule has 0 heterocycles. The largest absolute Gasteiger partial charge is 0.507 e. The summed E-state index contributed by atoms with van der Waals surface area (Å²) in [5, 5.41) is 28.2. The highest BCUT2D eigenvalue weighted by atomic mass is 79.9. The minimum Gasteiger partial charge on any atom is -0.507 e. The Hall–Kier alpha value is -1.34. The highest BCUT2D eigenvalue weighted by Gasteiger charge is 2.15. The predicted molar refractivity (Wildman–Crippen MR) is 66.3 cm³/mol.